The zero-order valence-corrected chi connectivity index (χ0v) is 20.1. The number of aryl methyl sites for hydroxylation is 1. The summed E-state index contributed by atoms with van der Waals surface area (Å²) in [6.07, 6.45) is 0. The van der Waals surface area contributed by atoms with E-state index in [0.717, 1.165) is 22.3 Å². The van der Waals surface area contributed by atoms with Crippen molar-refractivity contribution in [1.82, 2.24) is 15.0 Å². The fourth-order valence-corrected chi connectivity index (χ4v) is 4.64. The number of carboxylic acids is 1. The lowest BCUT2D eigenvalue weighted by molar-refractivity contribution is 0.0691. The molecule has 0 saturated carbocycles. The summed E-state index contributed by atoms with van der Waals surface area (Å²) in [5, 5.41) is 22.7. The zero-order valence-electron chi connectivity index (χ0n) is 19.4. The van der Waals surface area contributed by atoms with Crippen molar-refractivity contribution in [2.45, 2.75) is 33.0 Å². The number of nitrogens with zero attached hydrogens (tertiary/aromatic N) is 5. The maximum atomic E-state index is 13.7. The summed E-state index contributed by atoms with van der Waals surface area (Å²) in [5.41, 5.74) is 4.94. The van der Waals surface area contributed by atoms with Crippen LogP contribution in [0.25, 0.3) is 11.0 Å². The van der Waals surface area contributed by atoms with Gasteiger partial charge in [-0.1, -0.05) is 23.7 Å². The van der Waals surface area contributed by atoms with E-state index in [1.54, 1.807) is 12.1 Å². The minimum absolute atomic E-state index is 0.0811. The third-order valence-corrected chi connectivity index (χ3v) is 6.33. The van der Waals surface area contributed by atoms with Gasteiger partial charge in [-0.15, -0.1) is 0 Å². The molecule has 1 atom stereocenters. The van der Waals surface area contributed by atoms with Gasteiger partial charge in [-0.05, 0) is 60.9 Å². The van der Waals surface area contributed by atoms with Crippen molar-refractivity contribution in [3.63, 3.8) is 0 Å². The molecule has 0 radical (unpaired) electrons. The van der Waals surface area contributed by atoms with E-state index >= 15 is 0 Å². The maximum Gasteiger partial charge on any atom is 0.356 e. The van der Waals surface area contributed by atoms with Gasteiger partial charge < -0.3 is 15.3 Å². The Morgan fingerprint density at radius 1 is 1.17 bits per heavy atom. The molecule has 0 amide bonds. The molecule has 2 aromatic heterocycles. The second kappa shape index (κ2) is 9.06. The van der Waals surface area contributed by atoms with Crippen LogP contribution in [-0.2, 0) is 13.1 Å². The number of rotatable bonds is 5. The topological polar surface area (TPSA) is 115 Å². The SMILES string of the molecule is Cc1cc(C(C)Nc2ccc(Cl)nc2C(=O)O)c2nc(N3Cc4ccc(F)cc4C3)c(C#N)nc2c1. The monoisotopic (exact) mass is 502 g/mol. The van der Waals surface area contributed by atoms with Crippen LogP contribution in [0.3, 0.4) is 0 Å². The van der Waals surface area contributed by atoms with E-state index in [-0.39, 0.29) is 28.4 Å². The number of fused-ring (bicyclic) bond motifs is 2. The molecule has 2 N–H and O–H groups in total. The van der Waals surface area contributed by atoms with Crippen LogP contribution >= 0.6 is 11.6 Å². The first-order valence-electron chi connectivity index (χ1n) is 11.1. The maximum absolute atomic E-state index is 13.7. The molecule has 0 saturated heterocycles. The summed E-state index contributed by atoms with van der Waals surface area (Å²) in [7, 11) is 0. The van der Waals surface area contributed by atoms with Crippen LogP contribution in [0.5, 0.6) is 0 Å². The Morgan fingerprint density at radius 2 is 1.94 bits per heavy atom. The lowest BCUT2D eigenvalue weighted by Crippen LogP contribution is -2.19. The van der Waals surface area contributed by atoms with Crippen molar-refractivity contribution in [3.05, 3.63) is 87.1 Å². The van der Waals surface area contributed by atoms with Crippen molar-refractivity contribution in [2.24, 2.45) is 0 Å². The molecule has 1 aliphatic heterocycles. The molecule has 36 heavy (non-hydrogen) atoms. The summed E-state index contributed by atoms with van der Waals surface area (Å²) >= 11 is 5.89. The van der Waals surface area contributed by atoms with E-state index in [2.05, 4.69) is 21.4 Å². The molecule has 2 aromatic carbocycles. The molecule has 0 fully saturated rings. The van der Waals surface area contributed by atoms with Crippen molar-refractivity contribution >= 4 is 40.1 Å². The highest BCUT2D eigenvalue weighted by Crippen LogP contribution is 2.33. The van der Waals surface area contributed by atoms with Crippen LogP contribution in [0.15, 0.2) is 42.5 Å². The lowest BCUT2D eigenvalue weighted by Gasteiger charge is -2.21. The van der Waals surface area contributed by atoms with Gasteiger partial charge in [-0.2, -0.15) is 5.26 Å². The molecule has 0 aliphatic carbocycles. The quantitative estimate of drug-likeness (QED) is 0.349. The standard InChI is InChI=1S/C26H20ClFN6O2/c1-13-7-18(14(2)30-19-5-6-22(27)32-24(19)26(35)36)23-20(8-13)31-21(10-29)25(33-23)34-11-15-3-4-17(28)9-16(15)12-34/h3-9,14,30H,11-12H2,1-2H3,(H,35,36). The molecule has 5 rings (SSSR count). The second-order valence-electron chi connectivity index (χ2n) is 8.70. The first-order chi connectivity index (χ1) is 17.2. The summed E-state index contributed by atoms with van der Waals surface area (Å²) < 4.78 is 13.7. The number of hydrogen-bond acceptors (Lipinski definition) is 7. The van der Waals surface area contributed by atoms with Gasteiger partial charge >= 0.3 is 5.97 Å². The number of carbonyl (C=O) groups is 1. The molecule has 1 aliphatic rings. The summed E-state index contributed by atoms with van der Waals surface area (Å²) in [4.78, 5) is 27.0. The van der Waals surface area contributed by atoms with Crippen LogP contribution in [0.4, 0.5) is 15.9 Å². The fraction of sp³-hybridized carbons (Fsp3) is 0.192. The Hall–Kier alpha value is -4.29. The number of carboxylic acid groups (broad SMARTS) is 1. The fourth-order valence-electron chi connectivity index (χ4n) is 4.49. The number of anilines is 2. The molecule has 8 nitrogen and oxygen atoms in total. The Morgan fingerprint density at radius 3 is 2.69 bits per heavy atom. The highest BCUT2D eigenvalue weighted by molar-refractivity contribution is 6.29. The molecule has 0 spiro atoms. The summed E-state index contributed by atoms with van der Waals surface area (Å²) in [6.45, 7) is 4.69. The smallest absolute Gasteiger partial charge is 0.356 e. The van der Waals surface area contributed by atoms with E-state index in [4.69, 9.17) is 16.6 Å². The molecule has 4 aromatic rings. The van der Waals surface area contributed by atoms with Crippen molar-refractivity contribution in [2.75, 3.05) is 10.2 Å². The number of benzene rings is 2. The van der Waals surface area contributed by atoms with Crippen LogP contribution < -0.4 is 10.2 Å². The third kappa shape index (κ3) is 4.27. The summed E-state index contributed by atoms with van der Waals surface area (Å²) in [6, 6.07) is 13.3. The first-order valence-corrected chi connectivity index (χ1v) is 11.5. The lowest BCUT2D eigenvalue weighted by atomic mass is 10.0. The largest absolute Gasteiger partial charge is 0.476 e. The molecule has 1 unspecified atom stereocenters. The molecular weight excluding hydrogens is 483 g/mol. The van der Waals surface area contributed by atoms with Gasteiger partial charge in [-0.3, -0.25) is 0 Å². The third-order valence-electron chi connectivity index (χ3n) is 6.12. The number of pyridine rings is 1. The van der Waals surface area contributed by atoms with Gasteiger partial charge in [0.2, 0.25) is 0 Å². The first kappa shape index (κ1) is 23.5. The van der Waals surface area contributed by atoms with Gasteiger partial charge in [0.15, 0.2) is 17.2 Å². The van der Waals surface area contributed by atoms with Crippen LogP contribution in [0, 0.1) is 24.1 Å². The second-order valence-corrected chi connectivity index (χ2v) is 9.09. The highest BCUT2D eigenvalue weighted by atomic mass is 35.5. The van der Waals surface area contributed by atoms with Crippen molar-refractivity contribution < 1.29 is 14.3 Å². The van der Waals surface area contributed by atoms with Crippen LogP contribution in [0.2, 0.25) is 5.15 Å². The highest BCUT2D eigenvalue weighted by Gasteiger charge is 2.26. The van der Waals surface area contributed by atoms with E-state index in [1.807, 2.05) is 30.9 Å². The Balaban J connectivity index is 1.58. The zero-order chi connectivity index (χ0) is 25.6. The van der Waals surface area contributed by atoms with Crippen molar-refractivity contribution in [3.8, 4) is 6.07 Å². The normalized spacial score (nSPS) is 13.4. The van der Waals surface area contributed by atoms with Crippen molar-refractivity contribution in [1.29, 1.82) is 5.26 Å². The Bertz CT molecular complexity index is 1590. The number of nitriles is 1. The number of hydrogen-bond donors (Lipinski definition) is 2. The van der Waals surface area contributed by atoms with E-state index < -0.39 is 5.97 Å². The minimum Gasteiger partial charge on any atom is -0.476 e. The van der Waals surface area contributed by atoms with Crippen LogP contribution in [-0.4, -0.2) is 26.0 Å². The minimum atomic E-state index is -1.20. The van der Waals surface area contributed by atoms with Crippen LogP contribution in [0.1, 0.15) is 51.4 Å². The predicted molar refractivity (Wildman–Crippen MR) is 134 cm³/mol. The van der Waals surface area contributed by atoms with E-state index in [0.29, 0.717) is 35.6 Å². The Labute approximate surface area is 211 Å². The predicted octanol–water partition coefficient (Wildman–Crippen LogP) is 5.39. The van der Waals surface area contributed by atoms with Gasteiger partial charge in [0.05, 0.1) is 22.8 Å². The van der Waals surface area contributed by atoms with E-state index in [9.17, 15) is 19.6 Å². The van der Waals surface area contributed by atoms with Gasteiger partial charge in [0, 0.05) is 18.7 Å². The van der Waals surface area contributed by atoms with Gasteiger partial charge in [-0.25, -0.2) is 24.1 Å². The molecule has 10 heteroatoms. The average molecular weight is 503 g/mol. The molecule has 180 valence electrons. The van der Waals surface area contributed by atoms with Gasteiger partial charge in [0.1, 0.15) is 17.0 Å². The van der Waals surface area contributed by atoms with Gasteiger partial charge in [0.25, 0.3) is 0 Å². The Kier molecular flexibility index (Phi) is 5.90. The number of halogens is 2. The summed E-state index contributed by atoms with van der Waals surface area (Å²) in [5.74, 6) is -1.10. The molecule has 0 bridgehead atoms. The molecule has 3 heterocycles. The number of aromatic nitrogens is 3. The van der Waals surface area contributed by atoms with E-state index in [1.165, 1.54) is 18.2 Å². The number of aromatic carboxylic acids is 1. The molecular formula is C26H20ClFN6O2. The number of nitrogens with one attached hydrogen (secondary N) is 1. The average Bonchev–Trinajstić information content (AvgIpc) is 3.26.